The van der Waals surface area contributed by atoms with Gasteiger partial charge in [0, 0.05) is 19.5 Å². The number of ether oxygens (including phenoxy) is 1. The van der Waals surface area contributed by atoms with Gasteiger partial charge in [0.2, 0.25) is 5.91 Å². The van der Waals surface area contributed by atoms with Gasteiger partial charge in [-0.15, -0.1) is 0 Å². The summed E-state index contributed by atoms with van der Waals surface area (Å²) in [6.45, 7) is 13.2. The third-order valence-electron chi connectivity index (χ3n) is 2.31. The van der Waals surface area contributed by atoms with Crippen molar-refractivity contribution in [3.05, 3.63) is 12.2 Å². The predicted octanol–water partition coefficient (Wildman–Crippen LogP) is 2.37. The van der Waals surface area contributed by atoms with E-state index in [9.17, 15) is 9.59 Å². The number of nitrogens with one attached hydrogen (secondary N) is 2. The molecule has 19 heavy (non-hydrogen) atoms. The molecule has 110 valence electrons. The number of rotatable bonds is 6. The molecule has 0 heterocycles. The molecule has 0 radical (unpaired) electrons. The lowest BCUT2D eigenvalue weighted by Crippen LogP contribution is -2.36. The van der Waals surface area contributed by atoms with Gasteiger partial charge in [-0.2, -0.15) is 0 Å². The number of amides is 2. The summed E-state index contributed by atoms with van der Waals surface area (Å²) in [5.74, 6) is -0.0758. The SMILES string of the molecule is C=C(C)C(CCCNC(=O)OC(C)(C)C)NC(C)=O. The summed E-state index contributed by atoms with van der Waals surface area (Å²) < 4.78 is 5.12. The van der Waals surface area contributed by atoms with Crippen molar-refractivity contribution in [1.29, 1.82) is 0 Å². The fourth-order valence-electron chi connectivity index (χ4n) is 1.50. The number of alkyl carbamates (subject to hydrolysis) is 1. The molecule has 0 aliphatic heterocycles. The van der Waals surface area contributed by atoms with E-state index in [1.54, 1.807) is 0 Å². The topological polar surface area (TPSA) is 67.4 Å². The molecule has 1 unspecified atom stereocenters. The lowest BCUT2D eigenvalue weighted by atomic mass is 10.1. The second kappa shape index (κ2) is 7.81. The first-order valence-electron chi connectivity index (χ1n) is 6.51. The third kappa shape index (κ3) is 10.1. The predicted molar refractivity (Wildman–Crippen MR) is 75.9 cm³/mol. The van der Waals surface area contributed by atoms with E-state index in [1.165, 1.54) is 6.92 Å². The third-order valence-corrected chi connectivity index (χ3v) is 2.31. The van der Waals surface area contributed by atoms with Crippen LogP contribution in [0.3, 0.4) is 0 Å². The molecule has 5 nitrogen and oxygen atoms in total. The maximum atomic E-state index is 11.4. The summed E-state index contributed by atoms with van der Waals surface area (Å²) in [5.41, 5.74) is 0.424. The van der Waals surface area contributed by atoms with Crippen molar-refractivity contribution in [2.75, 3.05) is 6.54 Å². The summed E-state index contributed by atoms with van der Waals surface area (Å²) in [4.78, 5) is 22.4. The average molecular weight is 270 g/mol. The Kier molecular flexibility index (Phi) is 7.19. The smallest absolute Gasteiger partial charge is 0.407 e. The van der Waals surface area contributed by atoms with Crippen molar-refractivity contribution in [3.8, 4) is 0 Å². The van der Waals surface area contributed by atoms with Crippen molar-refractivity contribution in [1.82, 2.24) is 10.6 Å². The molecule has 5 heteroatoms. The van der Waals surface area contributed by atoms with Gasteiger partial charge in [-0.25, -0.2) is 4.79 Å². The molecule has 0 fully saturated rings. The minimum atomic E-state index is -0.486. The largest absolute Gasteiger partial charge is 0.444 e. The molecule has 0 aromatic carbocycles. The van der Waals surface area contributed by atoms with Gasteiger partial charge in [0.25, 0.3) is 0 Å². The summed E-state index contributed by atoms with van der Waals surface area (Å²) in [6.07, 6.45) is 1.07. The first kappa shape index (κ1) is 17.5. The Morgan fingerprint density at radius 2 is 1.84 bits per heavy atom. The summed E-state index contributed by atoms with van der Waals surface area (Å²) in [6, 6.07) is -0.0436. The van der Waals surface area contributed by atoms with E-state index in [1.807, 2.05) is 27.7 Å². The maximum Gasteiger partial charge on any atom is 0.407 e. The zero-order chi connectivity index (χ0) is 15.1. The molecular weight excluding hydrogens is 244 g/mol. The van der Waals surface area contributed by atoms with Crippen LogP contribution in [-0.2, 0) is 9.53 Å². The summed E-state index contributed by atoms with van der Waals surface area (Å²) in [5, 5.41) is 5.51. The van der Waals surface area contributed by atoms with Crippen LogP contribution in [0.4, 0.5) is 4.79 Å². The van der Waals surface area contributed by atoms with E-state index in [0.717, 1.165) is 18.4 Å². The highest BCUT2D eigenvalue weighted by molar-refractivity contribution is 5.73. The maximum absolute atomic E-state index is 11.4. The van der Waals surface area contributed by atoms with Gasteiger partial charge in [-0.1, -0.05) is 12.2 Å². The monoisotopic (exact) mass is 270 g/mol. The highest BCUT2D eigenvalue weighted by Crippen LogP contribution is 2.08. The Hall–Kier alpha value is -1.52. The lowest BCUT2D eigenvalue weighted by molar-refractivity contribution is -0.119. The van der Waals surface area contributed by atoms with Gasteiger partial charge in [0.15, 0.2) is 0 Å². The molecule has 2 N–H and O–H groups in total. The van der Waals surface area contributed by atoms with Gasteiger partial charge < -0.3 is 15.4 Å². The fourth-order valence-corrected chi connectivity index (χ4v) is 1.50. The highest BCUT2D eigenvalue weighted by Gasteiger charge is 2.16. The van der Waals surface area contributed by atoms with E-state index in [0.29, 0.717) is 6.54 Å². The number of carbonyl (C=O) groups excluding carboxylic acids is 2. The van der Waals surface area contributed by atoms with Crippen LogP contribution in [-0.4, -0.2) is 30.2 Å². The molecule has 0 saturated heterocycles. The summed E-state index contributed by atoms with van der Waals surface area (Å²) >= 11 is 0. The van der Waals surface area contributed by atoms with Crippen LogP contribution in [0.5, 0.6) is 0 Å². The molecule has 0 bridgehead atoms. The van der Waals surface area contributed by atoms with Crippen LogP contribution >= 0.6 is 0 Å². The number of carbonyl (C=O) groups is 2. The van der Waals surface area contributed by atoms with Crippen LogP contribution < -0.4 is 10.6 Å². The Morgan fingerprint density at radius 1 is 1.26 bits per heavy atom. The van der Waals surface area contributed by atoms with Crippen LogP contribution in [0.15, 0.2) is 12.2 Å². The Morgan fingerprint density at radius 3 is 2.26 bits per heavy atom. The molecule has 0 aromatic heterocycles. The van der Waals surface area contributed by atoms with Crippen LogP contribution in [0.1, 0.15) is 47.5 Å². The molecule has 0 aliphatic carbocycles. The van der Waals surface area contributed by atoms with Crippen molar-refractivity contribution >= 4 is 12.0 Å². The van der Waals surface area contributed by atoms with E-state index < -0.39 is 11.7 Å². The zero-order valence-corrected chi connectivity index (χ0v) is 12.6. The first-order valence-corrected chi connectivity index (χ1v) is 6.51. The lowest BCUT2D eigenvalue weighted by Gasteiger charge is -2.20. The molecule has 0 aromatic rings. The average Bonchev–Trinajstić information content (AvgIpc) is 2.19. The van der Waals surface area contributed by atoms with Gasteiger partial charge in [0.1, 0.15) is 5.60 Å². The Balaban J connectivity index is 3.92. The fraction of sp³-hybridized carbons (Fsp3) is 0.714. The second-order valence-electron chi connectivity index (χ2n) is 5.67. The Bertz CT molecular complexity index is 332. The molecular formula is C14H26N2O3. The van der Waals surface area contributed by atoms with E-state index in [2.05, 4.69) is 17.2 Å². The number of hydrogen-bond acceptors (Lipinski definition) is 3. The zero-order valence-electron chi connectivity index (χ0n) is 12.6. The first-order chi connectivity index (χ1) is 8.61. The standard InChI is InChI=1S/C14H26N2O3/c1-10(2)12(16-11(3)17)8-7-9-15-13(18)19-14(4,5)6/h12H,1,7-9H2,2-6H3,(H,15,18)(H,16,17). The minimum absolute atomic E-state index is 0.0436. The second-order valence-corrected chi connectivity index (χ2v) is 5.67. The minimum Gasteiger partial charge on any atom is -0.444 e. The number of hydrogen-bond donors (Lipinski definition) is 2. The molecule has 0 rings (SSSR count). The Labute approximate surface area is 115 Å². The van der Waals surface area contributed by atoms with Crippen molar-refractivity contribution in [2.24, 2.45) is 0 Å². The van der Waals surface area contributed by atoms with Crippen LogP contribution in [0.2, 0.25) is 0 Å². The molecule has 0 saturated carbocycles. The van der Waals surface area contributed by atoms with Crippen LogP contribution in [0.25, 0.3) is 0 Å². The van der Waals surface area contributed by atoms with Crippen molar-refractivity contribution in [2.45, 2.75) is 59.1 Å². The van der Waals surface area contributed by atoms with E-state index in [4.69, 9.17) is 4.74 Å². The summed E-state index contributed by atoms with van der Waals surface area (Å²) in [7, 11) is 0. The van der Waals surface area contributed by atoms with Gasteiger partial charge in [-0.3, -0.25) is 4.79 Å². The quantitative estimate of drug-likeness (QED) is 0.575. The molecule has 1 atom stereocenters. The highest BCUT2D eigenvalue weighted by atomic mass is 16.6. The van der Waals surface area contributed by atoms with Crippen LogP contribution in [0, 0.1) is 0 Å². The molecule has 2 amide bonds. The van der Waals surface area contributed by atoms with Gasteiger partial charge >= 0.3 is 6.09 Å². The van der Waals surface area contributed by atoms with E-state index >= 15 is 0 Å². The van der Waals surface area contributed by atoms with Crippen molar-refractivity contribution in [3.63, 3.8) is 0 Å². The van der Waals surface area contributed by atoms with Crippen molar-refractivity contribution < 1.29 is 14.3 Å². The normalized spacial score (nSPS) is 12.5. The van der Waals surface area contributed by atoms with Gasteiger partial charge in [-0.05, 0) is 40.5 Å². The molecule has 0 spiro atoms. The molecule has 0 aliphatic rings. The van der Waals surface area contributed by atoms with Gasteiger partial charge in [0.05, 0.1) is 0 Å². The van der Waals surface area contributed by atoms with E-state index in [-0.39, 0.29) is 11.9 Å².